The molecule has 84 valence electrons. The lowest BCUT2D eigenvalue weighted by Crippen LogP contribution is -1.92. The number of aliphatic hydroxyl groups is 1. The predicted octanol–water partition coefficient (Wildman–Crippen LogP) is 2.58. The van der Waals surface area contributed by atoms with E-state index in [1.807, 2.05) is 19.1 Å². The summed E-state index contributed by atoms with van der Waals surface area (Å²) in [7, 11) is 0. The van der Waals surface area contributed by atoms with Crippen LogP contribution in [-0.4, -0.2) is 15.1 Å². The van der Waals surface area contributed by atoms with Gasteiger partial charge < -0.3 is 9.52 Å². The third-order valence-corrected chi connectivity index (χ3v) is 2.84. The van der Waals surface area contributed by atoms with Crippen LogP contribution in [0.1, 0.15) is 24.3 Å². The Labute approximate surface area is 97.7 Å². The molecule has 2 aromatic heterocycles. The van der Waals surface area contributed by atoms with Crippen LogP contribution in [0.25, 0.3) is 0 Å². The average molecular weight is 236 g/mol. The fourth-order valence-electron chi connectivity index (χ4n) is 1.17. The minimum Gasteiger partial charge on any atom is -0.439 e. The van der Waals surface area contributed by atoms with Gasteiger partial charge in [0, 0.05) is 6.20 Å². The summed E-state index contributed by atoms with van der Waals surface area (Å²) >= 11 is 1.36. The summed E-state index contributed by atoms with van der Waals surface area (Å²) in [6, 6.07) is 3.68. The van der Waals surface area contributed by atoms with E-state index in [4.69, 9.17) is 4.42 Å². The largest absolute Gasteiger partial charge is 0.439 e. The number of hydrogen-bond donors (Lipinski definition) is 1. The van der Waals surface area contributed by atoms with E-state index < -0.39 is 6.10 Å². The van der Waals surface area contributed by atoms with Crippen LogP contribution >= 0.6 is 11.8 Å². The van der Waals surface area contributed by atoms with Crippen LogP contribution in [0.5, 0.6) is 0 Å². The minimum atomic E-state index is -0.490. The Bertz CT molecular complexity index is 465. The Balaban J connectivity index is 2.11. The fourth-order valence-corrected chi connectivity index (χ4v) is 1.87. The van der Waals surface area contributed by atoms with Crippen molar-refractivity contribution in [2.75, 3.05) is 0 Å². The highest BCUT2D eigenvalue weighted by Crippen LogP contribution is 2.25. The molecule has 2 aromatic rings. The molecule has 0 aromatic carbocycles. The van der Waals surface area contributed by atoms with E-state index in [0.29, 0.717) is 5.22 Å². The summed E-state index contributed by atoms with van der Waals surface area (Å²) in [5.41, 5.74) is 1.65. The minimum absolute atomic E-state index is 0.490. The molecule has 0 bridgehead atoms. The molecule has 1 atom stereocenters. The molecule has 0 amide bonds. The molecule has 0 aliphatic rings. The summed E-state index contributed by atoms with van der Waals surface area (Å²) in [5.74, 6) is 0. The van der Waals surface area contributed by atoms with Crippen molar-refractivity contribution < 1.29 is 9.52 Å². The summed E-state index contributed by atoms with van der Waals surface area (Å²) in [6.45, 7) is 3.58. The van der Waals surface area contributed by atoms with Crippen molar-refractivity contribution in [3.8, 4) is 0 Å². The van der Waals surface area contributed by atoms with Crippen LogP contribution in [0.4, 0.5) is 0 Å². The quantitative estimate of drug-likeness (QED) is 0.887. The number of nitrogens with zero attached hydrogens (tertiary/aromatic N) is 2. The maximum Gasteiger partial charge on any atom is 0.262 e. The fraction of sp³-hybridized carbons (Fsp3) is 0.273. The molecule has 5 heteroatoms. The first kappa shape index (κ1) is 11.2. The Morgan fingerprint density at radius 3 is 2.75 bits per heavy atom. The molecular weight excluding hydrogens is 224 g/mol. The van der Waals surface area contributed by atoms with Crippen molar-refractivity contribution in [2.45, 2.75) is 30.2 Å². The third kappa shape index (κ3) is 2.62. The van der Waals surface area contributed by atoms with Gasteiger partial charge in [-0.3, -0.25) is 0 Å². The molecule has 0 unspecified atom stereocenters. The van der Waals surface area contributed by atoms with Crippen molar-refractivity contribution in [2.24, 2.45) is 0 Å². The molecule has 0 radical (unpaired) electrons. The first-order valence-electron chi connectivity index (χ1n) is 4.89. The van der Waals surface area contributed by atoms with Gasteiger partial charge in [0.25, 0.3) is 5.22 Å². The molecule has 1 N–H and O–H groups in total. The number of rotatable bonds is 3. The van der Waals surface area contributed by atoms with Gasteiger partial charge in [0.1, 0.15) is 11.3 Å². The van der Waals surface area contributed by atoms with E-state index in [1.54, 1.807) is 19.4 Å². The van der Waals surface area contributed by atoms with E-state index in [2.05, 4.69) is 9.97 Å². The van der Waals surface area contributed by atoms with Gasteiger partial charge in [-0.05, 0) is 37.2 Å². The maximum atomic E-state index is 9.33. The van der Waals surface area contributed by atoms with Gasteiger partial charge in [-0.1, -0.05) is 6.07 Å². The first-order valence-corrected chi connectivity index (χ1v) is 5.71. The molecule has 4 nitrogen and oxygen atoms in total. The Hall–Kier alpha value is -1.33. The second kappa shape index (κ2) is 4.67. The first-order chi connectivity index (χ1) is 7.65. The number of hydrogen-bond acceptors (Lipinski definition) is 5. The van der Waals surface area contributed by atoms with Crippen LogP contribution in [0.2, 0.25) is 0 Å². The zero-order valence-corrected chi connectivity index (χ0v) is 9.86. The highest BCUT2D eigenvalue weighted by atomic mass is 32.2. The monoisotopic (exact) mass is 236 g/mol. The zero-order chi connectivity index (χ0) is 11.5. The lowest BCUT2D eigenvalue weighted by atomic mass is 10.2. The van der Waals surface area contributed by atoms with Crippen molar-refractivity contribution >= 4 is 11.8 Å². The Kier molecular flexibility index (Phi) is 3.26. The van der Waals surface area contributed by atoms with Crippen LogP contribution in [0, 0.1) is 6.92 Å². The van der Waals surface area contributed by atoms with Gasteiger partial charge >= 0.3 is 0 Å². The SMILES string of the molecule is Cc1coc(Sc2ccc([C@@H](C)O)cn2)n1. The highest BCUT2D eigenvalue weighted by molar-refractivity contribution is 7.99. The number of aliphatic hydroxyl groups excluding tert-OH is 1. The summed E-state index contributed by atoms with van der Waals surface area (Å²) in [4.78, 5) is 8.38. The Morgan fingerprint density at radius 2 is 2.25 bits per heavy atom. The van der Waals surface area contributed by atoms with E-state index in [-0.39, 0.29) is 0 Å². The smallest absolute Gasteiger partial charge is 0.262 e. The molecule has 16 heavy (non-hydrogen) atoms. The predicted molar refractivity (Wildman–Crippen MR) is 60.2 cm³/mol. The molecule has 0 aliphatic carbocycles. The molecule has 0 saturated carbocycles. The van der Waals surface area contributed by atoms with Gasteiger partial charge in [-0.2, -0.15) is 0 Å². The molecule has 0 aliphatic heterocycles. The molecule has 2 rings (SSSR count). The van der Waals surface area contributed by atoms with E-state index in [1.165, 1.54) is 11.8 Å². The molecule has 0 spiro atoms. The normalized spacial score (nSPS) is 12.7. The Morgan fingerprint density at radius 1 is 1.44 bits per heavy atom. The standard InChI is InChI=1S/C11H12N2O2S/c1-7-6-15-11(13-7)16-10-4-3-9(5-12-10)8(2)14/h3-6,8,14H,1-2H3/t8-/m1/s1. The van der Waals surface area contributed by atoms with Gasteiger partial charge in [0.2, 0.25) is 0 Å². The topological polar surface area (TPSA) is 59.2 Å². The van der Waals surface area contributed by atoms with Crippen LogP contribution in [0.3, 0.4) is 0 Å². The lowest BCUT2D eigenvalue weighted by Gasteiger charge is -2.03. The second-order valence-corrected chi connectivity index (χ2v) is 4.43. The van der Waals surface area contributed by atoms with Crippen molar-refractivity contribution in [3.05, 3.63) is 35.9 Å². The third-order valence-electron chi connectivity index (χ3n) is 2.03. The number of pyridine rings is 1. The van der Waals surface area contributed by atoms with E-state index in [0.717, 1.165) is 16.3 Å². The van der Waals surface area contributed by atoms with E-state index >= 15 is 0 Å². The van der Waals surface area contributed by atoms with Crippen LogP contribution in [0.15, 0.2) is 39.3 Å². The van der Waals surface area contributed by atoms with Gasteiger partial charge in [0.15, 0.2) is 0 Å². The molecule has 2 heterocycles. The summed E-state index contributed by atoms with van der Waals surface area (Å²) in [5, 5.41) is 10.7. The van der Waals surface area contributed by atoms with Crippen molar-refractivity contribution in [1.82, 2.24) is 9.97 Å². The van der Waals surface area contributed by atoms with Crippen molar-refractivity contribution in [1.29, 1.82) is 0 Å². The lowest BCUT2D eigenvalue weighted by molar-refractivity contribution is 0.198. The maximum absolute atomic E-state index is 9.33. The van der Waals surface area contributed by atoms with Gasteiger partial charge in [-0.15, -0.1) is 0 Å². The van der Waals surface area contributed by atoms with Gasteiger partial charge in [-0.25, -0.2) is 9.97 Å². The summed E-state index contributed by atoms with van der Waals surface area (Å²) < 4.78 is 5.21. The van der Waals surface area contributed by atoms with Crippen LogP contribution in [-0.2, 0) is 0 Å². The highest BCUT2D eigenvalue weighted by Gasteiger charge is 2.06. The number of oxazole rings is 1. The van der Waals surface area contributed by atoms with Crippen LogP contribution < -0.4 is 0 Å². The molecule has 0 saturated heterocycles. The number of aryl methyl sites for hydroxylation is 1. The molecular formula is C11H12N2O2S. The average Bonchev–Trinajstić information content (AvgIpc) is 2.65. The zero-order valence-electron chi connectivity index (χ0n) is 9.04. The molecule has 0 fully saturated rings. The number of aromatic nitrogens is 2. The second-order valence-electron chi connectivity index (χ2n) is 3.46. The van der Waals surface area contributed by atoms with E-state index in [9.17, 15) is 5.11 Å². The summed E-state index contributed by atoms with van der Waals surface area (Å²) in [6.07, 6.45) is 2.77. The van der Waals surface area contributed by atoms with Gasteiger partial charge in [0.05, 0.1) is 11.8 Å². The van der Waals surface area contributed by atoms with Crippen molar-refractivity contribution in [3.63, 3.8) is 0 Å².